The molecule has 0 radical (unpaired) electrons. The van der Waals surface area contributed by atoms with Gasteiger partial charge in [-0.05, 0) is 12.1 Å². The zero-order valence-electron chi connectivity index (χ0n) is 10.3. The third-order valence-corrected chi connectivity index (χ3v) is 4.06. The Labute approximate surface area is 107 Å². The van der Waals surface area contributed by atoms with Gasteiger partial charge in [-0.25, -0.2) is 8.42 Å². The molecule has 0 aliphatic rings. The topological polar surface area (TPSA) is 72.5 Å². The van der Waals surface area contributed by atoms with Crippen molar-refractivity contribution in [3.8, 4) is 0 Å². The molecule has 0 heterocycles. The first-order chi connectivity index (χ1) is 8.56. The molecule has 0 unspecified atom stereocenters. The Morgan fingerprint density at radius 3 is 2.56 bits per heavy atom. The van der Waals surface area contributed by atoms with E-state index in [0.29, 0.717) is 13.2 Å². The van der Waals surface area contributed by atoms with Gasteiger partial charge in [-0.3, -0.25) is 4.79 Å². The summed E-state index contributed by atoms with van der Waals surface area (Å²) < 4.78 is 28.5. The van der Waals surface area contributed by atoms with E-state index in [2.05, 4.69) is 5.32 Å². The number of hydrogen-bond donors (Lipinski definition) is 1. The average Bonchev–Trinajstić information content (AvgIpc) is 2.38. The van der Waals surface area contributed by atoms with Crippen LogP contribution in [0.1, 0.15) is 6.42 Å². The van der Waals surface area contributed by atoms with Gasteiger partial charge in [0.2, 0.25) is 5.91 Å². The molecule has 0 aliphatic carbocycles. The van der Waals surface area contributed by atoms with Gasteiger partial charge in [0.1, 0.15) is 0 Å². The number of rotatable bonds is 7. The van der Waals surface area contributed by atoms with Gasteiger partial charge < -0.3 is 10.1 Å². The molecule has 1 rings (SSSR count). The Kier molecular flexibility index (Phi) is 5.80. The molecule has 0 saturated carbocycles. The van der Waals surface area contributed by atoms with Gasteiger partial charge >= 0.3 is 0 Å². The maximum absolute atomic E-state index is 11.9. The molecule has 6 heteroatoms. The number of hydrogen-bond acceptors (Lipinski definition) is 4. The van der Waals surface area contributed by atoms with Crippen LogP contribution in [0, 0.1) is 0 Å². The van der Waals surface area contributed by atoms with Crippen molar-refractivity contribution in [2.75, 3.05) is 26.0 Å². The predicted molar refractivity (Wildman–Crippen MR) is 68.0 cm³/mol. The number of amides is 1. The minimum atomic E-state index is -3.38. The molecular weight excluding hydrogens is 254 g/mol. The smallest absolute Gasteiger partial charge is 0.221 e. The minimum Gasteiger partial charge on any atom is -0.383 e. The van der Waals surface area contributed by atoms with Crippen molar-refractivity contribution in [1.29, 1.82) is 0 Å². The highest BCUT2D eigenvalue weighted by Gasteiger charge is 2.15. The summed E-state index contributed by atoms with van der Waals surface area (Å²) in [7, 11) is -1.84. The quantitative estimate of drug-likeness (QED) is 0.738. The summed E-state index contributed by atoms with van der Waals surface area (Å²) in [6, 6.07) is 8.11. The molecule has 0 spiro atoms. The van der Waals surface area contributed by atoms with Crippen LogP contribution in [0.15, 0.2) is 35.2 Å². The Morgan fingerprint density at radius 2 is 1.94 bits per heavy atom. The lowest BCUT2D eigenvalue weighted by molar-refractivity contribution is -0.120. The zero-order chi connectivity index (χ0) is 13.4. The van der Waals surface area contributed by atoms with Crippen molar-refractivity contribution < 1.29 is 17.9 Å². The van der Waals surface area contributed by atoms with Crippen LogP contribution < -0.4 is 5.32 Å². The fraction of sp³-hybridized carbons (Fsp3) is 0.417. The van der Waals surface area contributed by atoms with E-state index in [-0.39, 0.29) is 23.0 Å². The molecule has 0 fully saturated rings. The summed E-state index contributed by atoms with van der Waals surface area (Å²) in [5, 5.41) is 2.58. The van der Waals surface area contributed by atoms with E-state index in [0.717, 1.165) is 0 Å². The van der Waals surface area contributed by atoms with Gasteiger partial charge in [0.05, 0.1) is 17.3 Å². The standard InChI is InChI=1S/C12H17NO4S/c1-17-9-8-13-12(14)7-10-18(15,16)11-5-3-2-4-6-11/h2-6H,7-10H2,1H3,(H,13,14). The second kappa shape index (κ2) is 7.13. The van der Waals surface area contributed by atoms with Crippen molar-refractivity contribution in [1.82, 2.24) is 5.32 Å². The first kappa shape index (κ1) is 14.7. The maximum atomic E-state index is 11.9. The lowest BCUT2D eigenvalue weighted by Gasteiger charge is -2.05. The molecule has 1 N–H and O–H groups in total. The average molecular weight is 271 g/mol. The third kappa shape index (κ3) is 4.85. The second-order valence-electron chi connectivity index (χ2n) is 3.72. The van der Waals surface area contributed by atoms with Gasteiger partial charge in [0.15, 0.2) is 9.84 Å². The van der Waals surface area contributed by atoms with Crippen LogP contribution in [-0.2, 0) is 19.4 Å². The largest absolute Gasteiger partial charge is 0.383 e. The molecular formula is C12H17NO4S. The molecule has 1 aromatic carbocycles. The van der Waals surface area contributed by atoms with Crippen LogP contribution in [0.5, 0.6) is 0 Å². The highest BCUT2D eigenvalue weighted by Crippen LogP contribution is 2.10. The van der Waals surface area contributed by atoms with Crippen molar-refractivity contribution in [2.24, 2.45) is 0 Å². The zero-order valence-corrected chi connectivity index (χ0v) is 11.1. The molecule has 5 nitrogen and oxygen atoms in total. The Bertz CT molecular complexity index is 470. The van der Waals surface area contributed by atoms with Gasteiger partial charge in [-0.2, -0.15) is 0 Å². The number of ether oxygens (including phenoxy) is 1. The molecule has 0 saturated heterocycles. The maximum Gasteiger partial charge on any atom is 0.221 e. The first-order valence-corrected chi connectivity index (χ1v) is 7.25. The van der Waals surface area contributed by atoms with Gasteiger partial charge in [-0.1, -0.05) is 18.2 Å². The van der Waals surface area contributed by atoms with Gasteiger partial charge in [-0.15, -0.1) is 0 Å². The summed E-state index contributed by atoms with van der Waals surface area (Å²) in [5.74, 6) is -0.470. The summed E-state index contributed by atoms with van der Waals surface area (Å²) >= 11 is 0. The fourth-order valence-corrected chi connectivity index (χ4v) is 2.62. The number of nitrogens with one attached hydrogen (secondary N) is 1. The monoisotopic (exact) mass is 271 g/mol. The van der Waals surface area contributed by atoms with Crippen LogP contribution in [0.3, 0.4) is 0 Å². The highest BCUT2D eigenvalue weighted by molar-refractivity contribution is 7.91. The lowest BCUT2D eigenvalue weighted by Crippen LogP contribution is -2.28. The summed E-state index contributed by atoms with van der Waals surface area (Å²) in [5.41, 5.74) is 0. The number of carbonyl (C=O) groups excluding carboxylic acids is 1. The van der Waals surface area contributed by atoms with E-state index in [4.69, 9.17) is 4.74 Å². The van der Waals surface area contributed by atoms with Crippen LogP contribution in [0.4, 0.5) is 0 Å². The summed E-state index contributed by atoms with van der Waals surface area (Å²) in [6.07, 6.45) is -0.0407. The normalized spacial score (nSPS) is 11.2. The number of carbonyl (C=O) groups is 1. The van der Waals surface area contributed by atoms with Crippen LogP contribution in [-0.4, -0.2) is 40.3 Å². The van der Waals surface area contributed by atoms with E-state index in [1.54, 1.807) is 18.2 Å². The number of sulfone groups is 1. The van der Waals surface area contributed by atoms with Crippen molar-refractivity contribution in [3.63, 3.8) is 0 Å². The van der Waals surface area contributed by atoms with E-state index in [1.165, 1.54) is 19.2 Å². The second-order valence-corrected chi connectivity index (χ2v) is 5.83. The van der Waals surface area contributed by atoms with E-state index < -0.39 is 9.84 Å². The third-order valence-electron chi connectivity index (χ3n) is 2.33. The number of methoxy groups -OCH3 is 1. The van der Waals surface area contributed by atoms with E-state index in [9.17, 15) is 13.2 Å². The highest BCUT2D eigenvalue weighted by atomic mass is 32.2. The first-order valence-electron chi connectivity index (χ1n) is 5.59. The molecule has 1 aromatic rings. The molecule has 100 valence electrons. The molecule has 1 amide bonds. The Balaban J connectivity index is 2.46. The Hall–Kier alpha value is -1.40. The SMILES string of the molecule is COCCNC(=O)CCS(=O)(=O)c1ccccc1. The van der Waals surface area contributed by atoms with Crippen LogP contribution in [0.2, 0.25) is 0 Å². The van der Waals surface area contributed by atoms with Gasteiger partial charge in [0.25, 0.3) is 0 Å². The lowest BCUT2D eigenvalue weighted by atomic mass is 10.4. The Morgan fingerprint density at radius 1 is 1.28 bits per heavy atom. The molecule has 0 aromatic heterocycles. The minimum absolute atomic E-state index is 0.0407. The van der Waals surface area contributed by atoms with Crippen molar-refractivity contribution in [2.45, 2.75) is 11.3 Å². The van der Waals surface area contributed by atoms with Crippen molar-refractivity contribution in [3.05, 3.63) is 30.3 Å². The van der Waals surface area contributed by atoms with Crippen molar-refractivity contribution >= 4 is 15.7 Å². The van der Waals surface area contributed by atoms with E-state index >= 15 is 0 Å². The summed E-state index contributed by atoms with van der Waals surface area (Å²) in [4.78, 5) is 11.6. The molecule has 0 bridgehead atoms. The molecule has 18 heavy (non-hydrogen) atoms. The van der Waals surface area contributed by atoms with Crippen LogP contribution >= 0.6 is 0 Å². The molecule has 0 aliphatic heterocycles. The number of benzene rings is 1. The van der Waals surface area contributed by atoms with Crippen LogP contribution in [0.25, 0.3) is 0 Å². The predicted octanol–water partition coefficient (Wildman–Crippen LogP) is 0.613. The van der Waals surface area contributed by atoms with Gasteiger partial charge in [0, 0.05) is 20.1 Å². The fourth-order valence-electron chi connectivity index (χ4n) is 1.35. The summed E-state index contributed by atoms with van der Waals surface area (Å²) in [6.45, 7) is 0.803. The van der Waals surface area contributed by atoms with E-state index in [1.807, 2.05) is 0 Å². The molecule has 0 atom stereocenters.